The van der Waals surface area contributed by atoms with Gasteiger partial charge in [-0.05, 0) is 31.5 Å². The molecule has 3 nitrogen and oxygen atoms in total. The molecule has 0 aliphatic rings. The molecule has 0 saturated heterocycles. The van der Waals surface area contributed by atoms with Crippen molar-refractivity contribution in [2.24, 2.45) is 0 Å². The minimum Gasteiger partial charge on any atom is -0.508 e. The Labute approximate surface area is 95.5 Å². The second-order valence-corrected chi connectivity index (χ2v) is 4.16. The van der Waals surface area contributed by atoms with Crippen LogP contribution in [0.1, 0.15) is 19.4 Å². The zero-order valence-electron chi connectivity index (χ0n) is 9.45. The fourth-order valence-corrected chi connectivity index (χ4v) is 1.23. The average Bonchev–Trinajstić information content (AvgIpc) is 2.21. The number of rotatable bonds is 3. The summed E-state index contributed by atoms with van der Waals surface area (Å²) in [6, 6.07) is 6.51. The Bertz CT molecular complexity index is 413. The van der Waals surface area contributed by atoms with Crippen LogP contribution >= 0.6 is 0 Å². The van der Waals surface area contributed by atoms with Crippen molar-refractivity contribution in [3.63, 3.8) is 0 Å². The molecule has 84 valence electrons. The van der Waals surface area contributed by atoms with Gasteiger partial charge in [0.05, 0.1) is 12.0 Å². The zero-order valence-corrected chi connectivity index (χ0v) is 9.45. The number of nitrogens with one attached hydrogen (secondary N) is 1. The van der Waals surface area contributed by atoms with Gasteiger partial charge >= 0.3 is 0 Å². The topological polar surface area (TPSA) is 49.3 Å². The monoisotopic (exact) mass is 217 g/mol. The first-order chi connectivity index (χ1) is 7.43. The highest BCUT2D eigenvalue weighted by Crippen LogP contribution is 2.10. The predicted molar refractivity (Wildman–Crippen MR) is 62.9 cm³/mol. The number of carbonyl (C=O) groups excluding carboxylic acids is 1. The lowest BCUT2D eigenvalue weighted by molar-refractivity contribution is -0.121. The summed E-state index contributed by atoms with van der Waals surface area (Å²) in [6.07, 6.45) is 5.53. The second-order valence-electron chi connectivity index (χ2n) is 4.16. The van der Waals surface area contributed by atoms with Crippen LogP contribution in [0.2, 0.25) is 0 Å². The van der Waals surface area contributed by atoms with Crippen molar-refractivity contribution in [1.29, 1.82) is 0 Å². The van der Waals surface area contributed by atoms with Gasteiger partial charge in [-0.25, -0.2) is 0 Å². The standard InChI is InChI=1S/C13H15NO2/c1-4-13(2,3)14-12(16)9-10-5-7-11(15)8-6-10/h1,5-8,15H,9H2,2-3H3,(H,14,16). The molecule has 0 bridgehead atoms. The normalized spacial score (nSPS) is 10.6. The van der Waals surface area contributed by atoms with E-state index in [0.717, 1.165) is 5.56 Å². The van der Waals surface area contributed by atoms with Gasteiger partial charge in [-0.15, -0.1) is 6.42 Å². The summed E-state index contributed by atoms with van der Waals surface area (Å²) in [5, 5.41) is 11.8. The van der Waals surface area contributed by atoms with Crippen molar-refractivity contribution in [3.05, 3.63) is 29.8 Å². The van der Waals surface area contributed by atoms with Gasteiger partial charge in [0.1, 0.15) is 5.75 Å². The number of amides is 1. The largest absolute Gasteiger partial charge is 0.508 e. The van der Waals surface area contributed by atoms with Gasteiger partial charge in [0.15, 0.2) is 0 Å². The molecule has 0 saturated carbocycles. The summed E-state index contributed by atoms with van der Waals surface area (Å²) in [5.74, 6) is 2.55. The van der Waals surface area contributed by atoms with E-state index in [1.54, 1.807) is 38.1 Å². The molecule has 1 aromatic carbocycles. The van der Waals surface area contributed by atoms with Gasteiger partial charge in [0.25, 0.3) is 0 Å². The number of phenolic OH excluding ortho intramolecular Hbond substituents is 1. The molecule has 2 N–H and O–H groups in total. The fraction of sp³-hybridized carbons (Fsp3) is 0.308. The molecule has 0 unspecified atom stereocenters. The Hall–Kier alpha value is -1.95. The molecule has 1 aromatic rings. The molecule has 3 heteroatoms. The highest BCUT2D eigenvalue weighted by atomic mass is 16.3. The molecule has 1 rings (SSSR count). The van der Waals surface area contributed by atoms with Crippen LogP contribution < -0.4 is 5.32 Å². The van der Waals surface area contributed by atoms with Crippen LogP contribution in [-0.2, 0) is 11.2 Å². The highest BCUT2D eigenvalue weighted by Gasteiger charge is 2.16. The van der Waals surface area contributed by atoms with Gasteiger partial charge in [-0.1, -0.05) is 18.1 Å². The van der Waals surface area contributed by atoms with Crippen LogP contribution in [0, 0.1) is 12.3 Å². The third-order valence-electron chi connectivity index (χ3n) is 2.11. The molecule has 0 atom stereocenters. The summed E-state index contributed by atoms with van der Waals surface area (Å²) in [6.45, 7) is 3.53. The van der Waals surface area contributed by atoms with Crippen molar-refractivity contribution >= 4 is 5.91 Å². The Balaban J connectivity index is 2.59. The number of carbonyl (C=O) groups is 1. The molecule has 0 aliphatic carbocycles. The molecular weight excluding hydrogens is 202 g/mol. The van der Waals surface area contributed by atoms with E-state index in [0.29, 0.717) is 0 Å². The van der Waals surface area contributed by atoms with Crippen molar-refractivity contribution in [3.8, 4) is 18.1 Å². The van der Waals surface area contributed by atoms with E-state index in [9.17, 15) is 4.79 Å². The minimum atomic E-state index is -0.631. The van der Waals surface area contributed by atoms with Crippen LogP contribution in [0.25, 0.3) is 0 Å². The van der Waals surface area contributed by atoms with E-state index in [4.69, 9.17) is 11.5 Å². The molecule has 16 heavy (non-hydrogen) atoms. The Kier molecular flexibility index (Phi) is 3.57. The summed E-state index contributed by atoms with van der Waals surface area (Å²) in [5.41, 5.74) is 0.205. The van der Waals surface area contributed by atoms with Gasteiger partial charge in [0, 0.05) is 0 Å². The maximum absolute atomic E-state index is 11.6. The Morgan fingerprint density at radius 2 is 2.00 bits per heavy atom. The van der Waals surface area contributed by atoms with E-state index in [1.807, 2.05) is 0 Å². The number of phenols is 1. The average molecular weight is 217 g/mol. The van der Waals surface area contributed by atoms with E-state index in [1.165, 1.54) is 0 Å². The third-order valence-corrected chi connectivity index (χ3v) is 2.11. The molecule has 0 radical (unpaired) electrons. The van der Waals surface area contributed by atoms with Crippen molar-refractivity contribution in [2.45, 2.75) is 25.8 Å². The van der Waals surface area contributed by atoms with E-state index in [-0.39, 0.29) is 18.1 Å². The lowest BCUT2D eigenvalue weighted by atomic mass is 10.1. The maximum atomic E-state index is 11.6. The number of hydrogen-bond acceptors (Lipinski definition) is 2. The molecule has 0 aromatic heterocycles. The minimum absolute atomic E-state index is 0.131. The molecule has 0 heterocycles. The summed E-state index contributed by atoms with van der Waals surface area (Å²) >= 11 is 0. The van der Waals surface area contributed by atoms with Gasteiger partial charge in [-0.3, -0.25) is 4.79 Å². The highest BCUT2D eigenvalue weighted by molar-refractivity contribution is 5.79. The number of terminal acetylenes is 1. The number of benzene rings is 1. The summed E-state index contributed by atoms with van der Waals surface area (Å²) in [7, 11) is 0. The van der Waals surface area contributed by atoms with Crippen LogP contribution in [0.4, 0.5) is 0 Å². The van der Waals surface area contributed by atoms with Crippen molar-refractivity contribution in [1.82, 2.24) is 5.32 Å². The van der Waals surface area contributed by atoms with Gasteiger partial charge < -0.3 is 10.4 Å². The van der Waals surface area contributed by atoms with Gasteiger partial charge in [0.2, 0.25) is 5.91 Å². The summed E-state index contributed by atoms with van der Waals surface area (Å²) in [4.78, 5) is 11.6. The number of hydrogen-bond donors (Lipinski definition) is 2. The van der Waals surface area contributed by atoms with Gasteiger partial charge in [-0.2, -0.15) is 0 Å². The number of aromatic hydroxyl groups is 1. The molecule has 0 aliphatic heterocycles. The smallest absolute Gasteiger partial charge is 0.225 e. The predicted octanol–water partition coefficient (Wildman–Crippen LogP) is 1.46. The maximum Gasteiger partial charge on any atom is 0.225 e. The SMILES string of the molecule is C#CC(C)(C)NC(=O)Cc1ccc(O)cc1. The van der Waals surface area contributed by atoms with Crippen molar-refractivity contribution in [2.75, 3.05) is 0 Å². The lowest BCUT2D eigenvalue weighted by Crippen LogP contribution is -2.42. The first-order valence-electron chi connectivity index (χ1n) is 4.99. The van der Waals surface area contributed by atoms with E-state index < -0.39 is 5.54 Å². The second kappa shape index (κ2) is 4.71. The first kappa shape index (κ1) is 12.1. The fourth-order valence-electron chi connectivity index (χ4n) is 1.23. The molecule has 1 amide bonds. The third kappa shape index (κ3) is 3.66. The van der Waals surface area contributed by atoms with E-state index in [2.05, 4.69) is 11.2 Å². The molecule has 0 fully saturated rings. The van der Waals surface area contributed by atoms with E-state index >= 15 is 0 Å². The van der Waals surface area contributed by atoms with Crippen molar-refractivity contribution < 1.29 is 9.90 Å². The molecule has 0 spiro atoms. The summed E-state index contributed by atoms with van der Waals surface area (Å²) < 4.78 is 0. The first-order valence-corrected chi connectivity index (χ1v) is 4.99. The van der Waals surface area contributed by atoms with Crippen LogP contribution in [0.5, 0.6) is 5.75 Å². The Morgan fingerprint density at radius 3 is 2.50 bits per heavy atom. The quantitative estimate of drug-likeness (QED) is 0.753. The van der Waals surface area contributed by atoms with Crippen LogP contribution in [-0.4, -0.2) is 16.6 Å². The van der Waals surface area contributed by atoms with Crippen LogP contribution in [0.15, 0.2) is 24.3 Å². The molecular formula is C13H15NO2. The zero-order chi connectivity index (χ0) is 12.2. The van der Waals surface area contributed by atoms with Crippen LogP contribution in [0.3, 0.4) is 0 Å². The Morgan fingerprint density at radius 1 is 1.44 bits per heavy atom. The lowest BCUT2D eigenvalue weighted by Gasteiger charge is -2.19.